The number of carbonyl (C=O) groups is 2. The zero-order chi connectivity index (χ0) is 16.1. The maximum absolute atomic E-state index is 12.3. The summed E-state index contributed by atoms with van der Waals surface area (Å²) in [5.74, 6) is -0.681. The quantitative estimate of drug-likeness (QED) is 0.515. The van der Waals surface area contributed by atoms with Gasteiger partial charge in [0, 0.05) is 11.1 Å². The van der Waals surface area contributed by atoms with Gasteiger partial charge in [0.15, 0.2) is 12.4 Å². The molecule has 114 valence electrons. The summed E-state index contributed by atoms with van der Waals surface area (Å²) in [6.07, 6.45) is 0. The van der Waals surface area contributed by atoms with Gasteiger partial charge in [-0.2, -0.15) is 0 Å². The molecule has 3 rings (SSSR count). The fraction of sp³-hybridized carbons (Fsp3) is 0.0526. The zero-order valence-electron chi connectivity index (χ0n) is 12.3. The predicted molar refractivity (Wildman–Crippen MR) is 90.8 cm³/mol. The first-order valence-electron chi connectivity index (χ1n) is 7.14. The van der Waals surface area contributed by atoms with E-state index in [0.717, 1.165) is 11.1 Å². The Kier molecular flexibility index (Phi) is 4.64. The second-order valence-electron chi connectivity index (χ2n) is 4.89. The Morgan fingerprint density at radius 1 is 0.870 bits per heavy atom. The lowest BCUT2D eigenvalue weighted by molar-refractivity contribution is 0.0480. The number of hydrogen-bond acceptors (Lipinski definition) is 4. The van der Waals surface area contributed by atoms with Crippen molar-refractivity contribution in [3.8, 4) is 11.1 Å². The SMILES string of the molecule is O=C(COC(=O)c1sccc1-c1ccccc1)c1ccccc1. The first-order valence-corrected chi connectivity index (χ1v) is 8.02. The van der Waals surface area contributed by atoms with Crippen LogP contribution in [-0.2, 0) is 4.74 Å². The molecule has 0 aliphatic carbocycles. The third-order valence-electron chi connectivity index (χ3n) is 3.37. The number of rotatable bonds is 5. The minimum Gasteiger partial charge on any atom is -0.453 e. The molecule has 0 bridgehead atoms. The van der Waals surface area contributed by atoms with Crippen LogP contribution in [0.1, 0.15) is 20.0 Å². The molecule has 3 nitrogen and oxygen atoms in total. The van der Waals surface area contributed by atoms with Gasteiger partial charge in [-0.1, -0.05) is 60.7 Å². The highest BCUT2D eigenvalue weighted by Gasteiger charge is 2.17. The van der Waals surface area contributed by atoms with E-state index in [-0.39, 0.29) is 12.4 Å². The van der Waals surface area contributed by atoms with Crippen molar-refractivity contribution in [2.75, 3.05) is 6.61 Å². The topological polar surface area (TPSA) is 43.4 Å². The number of thiophene rings is 1. The Morgan fingerprint density at radius 3 is 2.22 bits per heavy atom. The summed E-state index contributed by atoms with van der Waals surface area (Å²) in [6, 6.07) is 20.3. The predicted octanol–water partition coefficient (Wildman–Crippen LogP) is 4.45. The van der Waals surface area contributed by atoms with Crippen LogP contribution in [0.15, 0.2) is 72.1 Å². The highest BCUT2D eigenvalue weighted by molar-refractivity contribution is 7.12. The van der Waals surface area contributed by atoms with Gasteiger partial charge in [-0.05, 0) is 17.0 Å². The number of Topliss-reactive ketones (excluding diaryl/α,β-unsaturated/α-hetero) is 1. The summed E-state index contributed by atoms with van der Waals surface area (Å²) in [4.78, 5) is 24.8. The summed E-state index contributed by atoms with van der Waals surface area (Å²) >= 11 is 1.31. The largest absolute Gasteiger partial charge is 0.453 e. The van der Waals surface area contributed by atoms with Crippen molar-refractivity contribution < 1.29 is 14.3 Å². The normalized spacial score (nSPS) is 10.3. The molecule has 0 N–H and O–H groups in total. The van der Waals surface area contributed by atoms with E-state index >= 15 is 0 Å². The third-order valence-corrected chi connectivity index (χ3v) is 4.26. The van der Waals surface area contributed by atoms with Crippen LogP contribution in [0, 0.1) is 0 Å². The van der Waals surface area contributed by atoms with Gasteiger partial charge >= 0.3 is 5.97 Å². The van der Waals surface area contributed by atoms with Gasteiger partial charge in [-0.3, -0.25) is 4.79 Å². The van der Waals surface area contributed by atoms with Gasteiger partial charge in [0.1, 0.15) is 4.88 Å². The van der Waals surface area contributed by atoms with E-state index in [2.05, 4.69) is 0 Å². The molecule has 23 heavy (non-hydrogen) atoms. The molecule has 0 fully saturated rings. The lowest BCUT2D eigenvalue weighted by Gasteiger charge is -2.05. The van der Waals surface area contributed by atoms with E-state index in [4.69, 9.17) is 4.74 Å². The smallest absolute Gasteiger partial charge is 0.349 e. The molecule has 0 unspecified atom stereocenters. The minimum absolute atomic E-state index is 0.211. The summed E-state index contributed by atoms with van der Waals surface area (Å²) in [6.45, 7) is -0.255. The number of hydrogen-bond donors (Lipinski definition) is 0. The van der Waals surface area contributed by atoms with Gasteiger partial charge in [-0.25, -0.2) is 4.79 Å². The zero-order valence-corrected chi connectivity index (χ0v) is 13.1. The molecule has 0 radical (unpaired) electrons. The molecule has 0 aliphatic rings. The number of esters is 1. The monoisotopic (exact) mass is 322 g/mol. The van der Waals surface area contributed by atoms with Gasteiger partial charge in [0.2, 0.25) is 0 Å². The van der Waals surface area contributed by atoms with Gasteiger partial charge in [0.05, 0.1) is 0 Å². The van der Waals surface area contributed by atoms with E-state index in [1.165, 1.54) is 11.3 Å². The van der Waals surface area contributed by atoms with Crippen molar-refractivity contribution >= 4 is 23.1 Å². The molecule has 0 saturated heterocycles. The molecular weight excluding hydrogens is 308 g/mol. The third kappa shape index (κ3) is 3.55. The minimum atomic E-state index is -0.469. The fourth-order valence-corrected chi connectivity index (χ4v) is 3.02. The van der Waals surface area contributed by atoms with E-state index in [0.29, 0.717) is 10.4 Å². The average molecular weight is 322 g/mol. The summed E-state index contributed by atoms with van der Waals surface area (Å²) < 4.78 is 5.19. The number of benzene rings is 2. The molecule has 0 aliphatic heterocycles. The first-order chi connectivity index (χ1) is 11.3. The molecule has 0 spiro atoms. The molecule has 2 aromatic carbocycles. The van der Waals surface area contributed by atoms with Gasteiger partial charge in [-0.15, -0.1) is 11.3 Å². The summed E-state index contributed by atoms with van der Waals surface area (Å²) in [7, 11) is 0. The fourth-order valence-electron chi connectivity index (χ4n) is 2.22. The van der Waals surface area contributed by atoms with Crippen molar-refractivity contribution in [1.29, 1.82) is 0 Å². The lowest BCUT2D eigenvalue weighted by atomic mass is 10.1. The molecule has 0 atom stereocenters. The highest BCUT2D eigenvalue weighted by Crippen LogP contribution is 2.28. The molecule has 4 heteroatoms. The van der Waals surface area contributed by atoms with Crippen LogP contribution in [0.3, 0.4) is 0 Å². The Bertz CT molecular complexity index is 807. The first kappa shape index (κ1) is 15.2. The second-order valence-corrected chi connectivity index (χ2v) is 5.81. The van der Waals surface area contributed by atoms with E-state index in [9.17, 15) is 9.59 Å². The molecule has 1 aromatic heterocycles. The summed E-state index contributed by atoms with van der Waals surface area (Å²) in [5.41, 5.74) is 2.32. The van der Waals surface area contributed by atoms with Crippen molar-refractivity contribution in [2.24, 2.45) is 0 Å². The summed E-state index contributed by atoms with van der Waals surface area (Å²) in [5, 5.41) is 1.85. The highest BCUT2D eigenvalue weighted by atomic mass is 32.1. The van der Waals surface area contributed by atoms with Crippen LogP contribution in [0.2, 0.25) is 0 Å². The van der Waals surface area contributed by atoms with Crippen LogP contribution < -0.4 is 0 Å². The van der Waals surface area contributed by atoms with Gasteiger partial charge in [0.25, 0.3) is 0 Å². The number of ketones is 1. The Hall–Kier alpha value is -2.72. The van der Waals surface area contributed by atoms with E-state index < -0.39 is 5.97 Å². The molecule has 1 heterocycles. The second kappa shape index (κ2) is 7.03. The Balaban J connectivity index is 1.70. The molecule has 0 saturated carbocycles. The van der Waals surface area contributed by atoms with Crippen LogP contribution >= 0.6 is 11.3 Å². The Labute approximate surface area is 138 Å². The molecule has 3 aromatic rings. The van der Waals surface area contributed by atoms with Crippen molar-refractivity contribution in [3.63, 3.8) is 0 Å². The van der Waals surface area contributed by atoms with Crippen molar-refractivity contribution in [2.45, 2.75) is 0 Å². The van der Waals surface area contributed by atoms with E-state index in [1.54, 1.807) is 24.3 Å². The maximum atomic E-state index is 12.3. The number of ether oxygens (including phenoxy) is 1. The van der Waals surface area contributed by atoms with Crippen molar-refractivity contribution in [3.05, 3.63) is 82.6 Å². The lowest BCUT2D eigenvalue weighted by Crippen LogP contribution is -2.13. The molecular formula is C19H14O3S. The van der Waals surface area contributed by atoms with Crippen molar-refractivity contribution in [1.82, 2.24) is 0 Å². The van der Waals surface area contributed by atoms with Crippen LogP contribution in [0.4, 0.5) is 0 Å². The van der Waals surface area contributed by atoms with Crippen LogP contribution in [-0.4, -0.2) is 18.4 Å². The van der Waals surface area contributed by atoms with E-state index in [1.807, 2.05) is 47.8 Å². The van der Waals surface area contributed by atoms with Crippen LogP contribution in [0.5, 0.6) is 0 Å². The van der Waals surface area contributed by atoms with Gasteiger partial charge < -0.3 is 4.74 Å². The standard InChI is InChI=1S/C19H14O3S/c20-17(15-9-5-2-6-10-15)13-22-19(21)18-16(11-12-23-18)14-7-3-1-4-8-14/h1-12H,13H2. The maximum Gasteiger partial charge on any atom is 0.349 e. The Morgan fingerprint density at radius 2 is 1.52 bits per heavy atom. The van der Waals surface area contributed by atoms with Crippen LogP contribution in [0.25, 0.3) is 11.1 Å². The number of carbonyl (C=O) groups excluding carboxylic acids is 2. The average Bonchev–Trinajstić information content (AvgIpc) is 3.11. The molecule has 0 amide bonds.